The van der Waals surface area contributed by atoms with E-state index in [4.69, 9.17) is 0 Å². The minimum absolute atomic E-state index is 0.103. The van der Waals surface area contributed by atoms with Gasteiger partial charge in [0.2, 0.25) is 5.91 Å². The Morgan fingerprint density at radius 3 is 2.19 bits per heavy atom. The van der Waals surface area contributed by atoms with Gasteiger partial charge in [0.1, 0.15) is 0 Å². The number of fused-ring (bicyclic) bond motifs is 2. The summed E-state index contributed by atoms with van der Waals surface area (Å²) in [5.74, 6) is -1.77. The third-order valence-corrected chi connectivity index (χ3v) is 4.49. The molecule has 2 aliphatic rings. The van der Waals surface area contributed by atoms with Crippen molar-refractivity contribution in [1.82, 2.24) is 5.32 Å². The molecule has 4 nitrogen and oxygen atoms in total. The third-order valence-electron chi connectivity index (χ3n) is 3.73. The molecule has 1 aromatic rings. The van der Waals surface area contributed by atoms with E-state index in [1.54, 1.807) is 36.4 Å². The predicted octanol–water partition coefficient (Wildman–Crippen LogP) is 2.61. The molecule has 0 unspecified atom stereocenters. The van der Waals surface area contributed by atoms with E-state index in [2.05, 4.69) is 21.2 Å². The van der Waals surface area contributed by atoms with Gasteiger partial charge in [-0.2, -0.15) is 0 Å². The number of ketones is 2. The summed E-state index contributed by atoms with van der Waals surface area (Å²) in [6, 6.07) is 6.81. The molecule has 1 amide bonds. The van der Waals surface area contributed by atoms with E-state index in [1.165, 1.54) is 6.92 Å². The van der Waals surface area contributed by atoms with Crippen LogP contribution in [0, 0.1) is 11.8 Å². The van der Waals surface area contributed by atoms with Gasteiger partial charge in [0.15, 0.2) is 11.6 Å². The summed E-state index contributed by atoms with van der Waals surface area (Å²) in [7, 11) is 0. The van der Waals surface area contributed by atoms with Crippen LogP contribution in [0.1, 0.15) is 27.6 Å². The maximum Gasteiger partial charge on any atom is 0.221 e. The number of nitrogens with one attached hydrogen (secondary N) is 1. The fourth-order valence-electron chi connectivity index (χ4n) is 2.86. The second-order valence-corrected chi connectivity index (χ2v) is 6.00. The van der Waals surface area contributed by atoms with E-state index < -0.39 is 11.8 Å². The Morgan fingerprint density at radius 2 is 1.62 bits per heavy atom. The number of halogens is 1. The molecule has 0 spiro atoms. The highest BCUT2D eigenvalue weighted by Crippen LogP contribution is 2.42. The minimum Gasteiger partial charge on any atom is -0.329 e. The van der Waals surface area contributed by atoms with Gasteiger partial charge in [0, 0.05) is 28.2 Å². The summed E-state index contributed by atoms with van der Waals surface area (Å²) >= 11 is 3.37. The molecule has 0 aromatic heterocycles. The molecule has 0 bridgehead atoms. The summed E-state index contributed by atoms with van der Waals surface area (Å²) in [5.41, 5.74) is 1.34. The molecule has 3 rings (SSSR count). The summed E-state index contributed by atoms with van der Waals surface area (Å²) in [5, 5.41) is 2.67. The van der Waals surface area contributed by atoms with Crippen LogP contribution in [-0.2, 0) is 4.79 Å². The lowest BCUT2D eigenvalue weighted by atomic mass is 9.71. The highest BCUT2D eigenvalue weighted by atomic mass is 79.9. The highest BCUT2D eigenvalue weighted by molar-refractivity contribution is 9.11. The van der Waals surface area contributed by atoms with E-state index in [1.807, 2.05) is 0 Å². The number of hydrogen-bond acceptors (Lipinski definition) is 3. The first kappa shape index (κ1) is 13.9. The monoisotopic (exact) mass is 345 g/mol. The van der Waals surface area contributed by atoms with Crippen molar-refractivity contribution in [2.24, 2.45) is 11.8 Å². The second-order valence-electron chi connectivity index (χ2n) is 5.08. The quantitative estimate of drug-likeness (QED) is 0.850. The van der Waals surface area contributed by atoms with Gasteiger partial charge in [-0.25, -0.2) is 0 Å². The summed E-state index contributed by atoms with van der Waals surface area (Å²) in [6.45, 7) is 1.38. The van der Waals surface area contributed by atoms with Crippen molar-refractivity contribution in [3.63, 3.8) is 0 Å². The van der Waals surface area contributed by atoms with Crippen molar-refractivity contribution in [1.29, 1.82) is 0 Å². The normalized spacial score (nSPS) is 23.7. The smallest absolute Gasteiger partial charge is 0.221 e. The van der Waals surface area contributed by atoms with Crippen LogP contribution in [0.5, 0.6) is 0 Å². The molecule has 2 atom stereocenters. The largest absolute Gasteiger partial charge is 0.329 e. The molecule has 0 heterocycles. The number of hydrogen-bond donors (Lipinski definition) is 1. The van der Waals surface area contributed by atoms with Gasteiger partial charge in [-0.3, -0.25) is 14.4 Å². The Labute approximate surface area is 130 Å². The first-order valence-corrected chi connectivity index (χ1v) is 7.32. The molecule has 1 aromatic carbocycles. The van der Waals surface area contributed by atoms with Crippen LogP contribution >= 0.6 is 15.9 Å². The van der Waals surface area contributed by atoms with Gasteiger partial charge in [0.25, 0.3) is 0 Å². The standard InChI is InChI=1S/C16H12BrNO3/c1-8(19)18-12-7-6-11(17)13-14(12)16(21)10-5-3-2-4-9(10)15(13)20/h2-7,13-14H,1H3,(H,18,19)/t13-,14-/m1/s1. The lowest BCUT2D eigenvalue weighted by molar-refractivity contribution is -0.118. The molecule has 106 valence electrons. The van der Waals surface area contributed by atoms with E-state index in [0.29, 0.717) is 21.3 Å². The summed E-state index contributed by atoms with van der Waals surface area (Å²) in [4.78, 5) is 36.7. The average Bonchev–Trinajstić information content (AvgIpc) is 2.46. The van der Waals surface area contributed by atoms with Gasteiger partial charge in [0.05, 0.1) is 11.8 Å². The molecule has 1 N–H and O–H groups in total. The zero-order valence-corrected chi connectivity index (χ0v) is 12.8. The molecular weight excluding hydrogens is 334 g/mol. The summed E-state index contributed by atoms with van der Waals surface area (Å²) < 4.78 is 0.662. The van der Waals surface area contributed by atoms with E-state index >= 15 is 0 Å². The van der Waals surface area contributed by atoms with Crippen molar-refractivity contribution < 1.29 is 14.4 Å². The molecule has 0 fully saturated rings. The number of rotatable bonds is 1. The topological polar surface area (TPSA) is 63.2 Å². The Bertz CT molecular complexity index is 733. The first-order chi connectivity index (χ1) is 10.0. The zero-order valence-electron chi connectivity index (χ0n) is 11.2. The molecule has 0 aliphatic heterocycles. The van der Waals surface area contributed by atoms with E-state index in [0.717, 1.165) is 0 Å². The maximum absolute atomic E-state index is 12.7. The second kappa shape index (κ2) is 5.07. The van der Waals surface area contributed by atoms with Gasteiger partial charge in [-0.05, 0) is 12.2 Å². The Morgan fingerprint density at radius 1 is 1.05 bits per heavy atom. The highest BCUT2D eigenvalue weighted by Gasteiger charge is 2.45. The number of benzene rings is 1. The van der Waals surface area contributed by atoms with Crippen LogP contribution in [0.2, 0.25) is 0 Å². The minimum atomic E-state index is -0.671. The summed E-state index contributed by atoms with van der Waals surface area (Å²) in [6.07, 6.45) is 3.39. The lowest BCUT2D eigenvalue weighted by Gasteiger charge is -2.34. The molecule has 0 saturated carbocycles. The Hall–Kier alpha value is -2.01. The van der Waals surface area contributed by atoms with Crippen LogP contribution < -0.4 is 5.32 Å². The molecule has 21 heavy (non-hydrogen) atoms. The van der Waals surface area contributed by atoms with Crippen molar-refractivity contribution in [2.75, 3.05) is 0 Å². The van der Waals surface area contributed by atoms with Gasteiger partial charge < -0.3 is 5.32 Å². The average molecular weight is 346 g/mol. The number of Topliss-reactive ketones (excluding diaryl/α,β-unsaturated/α-hetero) is 2. The number of carbonyl (C=O) groups excluding carboxylic acids is 3. The molecule has 0 saturated heterocycles. The number of amides is 1. The van der Waals surface area contributed by atoms with Gasteiger partial charge >= 0.3 is 0 Å². The first-order valence-electron chi connectivity index (χ1n) is 6.53. The van der Waals surface area contributed by atoms with Crippen molar-refractivity contribution >= 4 is 33.4 Å². The van der Waals surface area contributed by atoms with Crippen molar-refractivity contribution in [2.45, 2.75) is 6.92 Å². The zero-order chi connectivity index (χ0) is 15.1. The van der Waals surface area contributed by atoms with Crippen LogP contribution in [0.4, 0.5) is 0 Å². The van der Waals surface area contributed by atoms with Crippen molar-refractivity contribution in [3.8, 4) is 0 Å². The van der Waals surface area contributed by atoms with Crippen LogP contribution in [-0.4, -0.2) is 17.5 Å². The lowest BCUT2D eigenvalue weighted by Crippen LogP contribution is -2.43. The van der Waals surface area contributed by atoms with Gasteiger partial charge in [-0.1, -0.05) is 40.2 Å². The Kier molecular flexibility index (Phi) is 3.37. The molecule has 0 radical (unpaired) electrons. The van der Waals surface area contributed by atoms with Gasteiger partial charge in [-0.15, -0.1) is 0 Å². The SMILES string of the molecule is CC(=O)NC1=CC=C(Br)[C@H]2C(=O)c3ccccc3C(=O)[C@H]12. The van der Waals surface area contributed by atoms with Crippen LogP contribution in [0.3, 0.4) is 0 Å². The fourth-order valence-corrected chi connectivity index (χ4v) is 3.46. The Balaban J connectivity index is 2.15. The molecule has 5 heteroatoms. The molecule has 2 aliphatic carbocycles. The predicted molar refractivity (Wildman–Crippen MR) is 81.0 cm³/mol. The van der Waals surface area contributed by atoms with E-state index in [-0.39, 0.29) is 17.5 Å². The number of allylic oxidation sites excluding steroid dienone is 4. The fraction of sp³-hybridized carbons (Fsp3) is 0.188. The maximum atomic E-state index is 12.7. The van der Waals surface area contributed by atoms with Crippen LogP contribution in [0.25, 0.3) is 0 Å². The number of carbonyl (C=O) groups is 3. The van der Waals surface area contributed by atoms with E-state index in [9.17, 15) is 14.4 Å². The van der Waals surface area contributed by atoms with Crippen LogP contribution in [0.15, 0.2) is 46.6 Å². The van der Waals surface area contributed by atoms with Crippen molar-refractivity contribution in [3.05, 3.63) is 57.7 Å². The third kappa shape index (κ3) is 2.17. The molecular formula is C16H12BrNO3.